The molecule has 0 bridgehead atoms. The number of hydrogen-bond donors (Lipinski definition) is 2. The van der Waals surface area contributed by atoms with E-state index in [4.69, 9.17) is 0 Å². The Hall–Kier alpha value is -1.13. The summed E-state index contributed by atoms with van der Waals surface area (Å²) in [6.45, 7) is 2.99. The molecule has 2 aromatic rings. The number of aromatic amines is 1. The maximum Gasteiger partial charge on any atom is 0.0457 e. The van der Waals surface area contributed by atoms with Gasteiger partial charge in [0, 0.05) is 52.5 Å². The Labute approximate surface area is 110 Å². The SMILES string of the molecule is CC(CCS(C)=O)NCc1c[nH]c2ccccc12. The fourth-order valence-electron chi connectivity index (χ4n) is 2.01. The van der Waals surface area contributed by atoms with Crippen LogP contribution in [-0.2, 0) is 17.3 Å². The number of benzene rings is 1. The van der Waals surface area contributed by atoms with Crippen LogP contribution >= 0.6 is 0 Å². The molecular formula is C14H20N2OS. The van der Waals surface area contributed by atoms with E-state index in [1.807, 2.05) is 6.07 Å². The Kier molecular flexibility index (Phi) is 4.55. The highest BCUT2D eigenvalue weighted by molar-refractivity contribution is 7.84. The van der Waals surface area contributed by atoms with Crippen molar-refractivity contribution in [1.29, 1.82) is 0 Å². The number of H-pyrrole nitrogens is 1. The molecule has 0 aliphatic carbocycles. The molecule has 0 saturated carbocycles. The quantitative estimate of drug-likeness (QED) is 0.841. The minimum Gasteiger partial charge on any atom is -0.361 e. The molecule has 18 heavy (non-hydrogen) atoms. The van der Waals surface area contributed by atoms with E-state index in [0.29, 0.717) is 6.04 Å². The second-order valence-corrected chi connectivity index (χ2v) is 6.26. The summed E-state index contributed by atoms with van der Waals surface area (Å²) >= 11 is 0. The fourth-order valence-corrected chi connectivity index (χ4v) is 2.69. The first-order valence-electron chi connectivity index (χ1n) is 6.25. The predicted molar refractivity (Wildman–Crippen MR) is 78.2 cm³/mol. The van der Waals surface area contributed by atoms with Crippen molar-refractivity contribution in [3.05, 3.63) is 36.0 Å². The van der Waals surface area contributed by atoms with E-state index in [1.54, 1.807) is 6.26 Å². The van der Waals surface area contributed by atoms with Gasteiger partial charge in [-0.3, -0.25) is 4.21 Å². The molecule has 98 valence electrons. The van der Waals surface area contributed by atoms with Gasteiger partial charge in [0.2, 0.25) is 0 Å². The van der Waals surface area contributed by atoms with Gasteiger partial charge in [-0.1, -0.05) is 18.2 Å². The molecule has 0 fully saturated rings. The monoisotopic (exact) mass is 264 g/mol. The van der Waals surface area contributed by atoms with E-state index >= 15 is 0 Å². The lowest BCUT2D eigenvalue weighted by Gasteiger charge is -2.12. The Morgan fingerprint density at radius 1 is 1.39 bits per heavy atom. The topological polar surface area (TPSA) is 44.9 Å². The molecule has 2 atom stereocenters. The van der Waals surface area contributed by atoms with Gasteiger partial charge in [0.1, 0.15) is 0 Å². The van der Waals surface area contributed by atoms with E-state index in [-0.39, 0.29) is 0 Å². The fraction of sp³-hybridized carbons (Fsp3) is 0.429. The Morgan fingerprint density at radius 2 is 2.17 bits per heavy atom. The summed E-state index contributed by atoms with van der Waals surface area (Å²) in [5.41, 5.74) is 2.46. The number of hydrogen-bond acceptors (Lipinski definition) is 2. The molecule has 3 nitrogen and oxygen atoms in total. The lowest BCUT2D eigenvalue weighted by molar-refractivity contribution is 0.536. The van der Waals surface area contributed by atoms with Crippen molar-refractivity contribution >= 4 is 21.7 Å². The third-order valence-electron chi connectivity index (χ3n) is 3.15. The molecule has 0 spiro atoms. The van der Waals surface area contributed by atoms with E-state index in [2.05, 4.69) is 41.6 Å². The van der Waals surface area contributed by atoms with Gasteiger partial charge in [-0.05, 0) is 25.0 Å². The van der Waals surface area contributed by atoms with Gasteiger partial charge in [0.25, 0.3) is 0 Å². The van der Waals surface area contributed by atoms with Crippen LogP contribution in [-0.4, -0.2) is 27.2 Å². The molecule has 0 aliphatic rings. The van der Waals surface area contributed by atoms with Crippen molar-refractivity contribution in [3.63, 3.8) is 0 Å². The number of fused-ring (bicyclic) bond motifs is 1. The summed E-state index contributed by atoms with van der Waals surface area (Å²) in [5, 5.41) is 4.75. The van der Waals surface area contributed by atoms with Gasteiger partial charge in [0.05, 0.1) is 0 Å². The summed E-state index contributed by atoms with van der Waals surface area (Å²) in [7, 11) is -0.695. The average Bonchev–Trinajstić information content (AvgIpc) is 2.77. The number of para-hydroxylation sites is 1. The molecule has 1 heterocycles. The van der Waals surface area contributed by atoms with Gasteiger partial charge < -0.3 is 10.3 Å². The smallest absolute Gasteiger partial charge is 0.0457 e. The Balaban J connectivity index is 1.92. The van der Waals surface area contributed by atoms with Crippen LogP contribution in [0.1, 0.15) is 18.9 Å². The lowest BCUT2D eigenvalue weighted by atomic mass is 10.1. The molecule has 0 radical (unpaired) electrons. The van der Waals surface area contributed by atoms with Crippen molar-refractivity contribution < 1.29 is 4.21 Å². The van der Waals surface area contributed by atoms with Gasteiger partial charge in [-0.25, -0.2) is 0 Å². The highest BCUT2D eigenvalue weighted by Gasteiger charge is 2.06. The summed E-state index contributed by atoms with van der Waals surface area (Å²) in [5.74, 6) is 0.766. The number of aromatic nitrogens is 1. The minimum absolute atomic E-state index is 0.391. The van der Waals surface area contributed by atoms with Crippen LogP contribution in [0.15, 0.2) is 30.5 Å². The first-order valence-corrected chi connectivity index (χ1v) is 7.98. The van der Waals surface area contributed by atoms with Crippen molar-refractivity contribution in [3.8, 4) is 0 Å². The van der Waals surface area contributed by atoms with Crippen LogP contribution < -0.4 is 5.32 Å². The summed E-state index contributed by atoms with van der Waals surface area (Å²) in [6, 6.07) is 8.71. The van der Waals surface area contributed by atoms with E-state index in [1.165, 1.54) is 16.5 Å². The largest absolute Gasteiger partial charge is 0.361 e. The second-order valence-electron chi connectivity index (χ2n) is 4.71. The molecule has 2 unspecified atom stereocenters. The van der Waals surface area contributed by atoms with Gasteiger partial charge in [0.15, 0.2) is 0 Å². The van der Waals surface area contributed by atoms with Crippen molar-refractivity contribution in [1.82, 2.24) is 10.3 Å². The van der Waals surface area contributed by atoms with E-state index in [9.17, 15) is 4.21 Å². The Bertz CT molecular complexity index is 535. The molecule has 0 saturated heterocycles. The zero-order chi connectivity index (χ0) is 13.0. The average molecular weight is 264 g/mol. The highest BCUT2D eigenvalue weighted by atomic mass is 32.2. The Morgan fingerprint density at radius 3 is 2.94 bits per heavy atom. The molecular weight excluding hydrogens is 244 g/mol. The van der Waals surface area contributed by atoms with Crippen LogP contribution in [0, 0.1) is 0 Å². The summed E-state index contributed by atoms with van der Waals surface area (Å²) in [6.07, 6.45) is 4.76. The zero-order valence-electron chi connectivity index (χ0n) is 10.9. The van der Waals surface area contributed by atoms with Gasteiger partial charge in [-0.15, -0.1) is 0 Å². The maximum absolute atomic E-state index is 11.0. The van der Waals surface area contributed by atoms with Crippen LogP contribution in [0.2, 0.25) is 0 Å². The van der Waals surface area contributed by atoms with E-state index in [0.717, 1.165) is 18.7 Å². The number of nitrogens with one attached hydrogen (secondary N) is 2. The highest BCUT2D eigenvalue weighted by Crippen LogP contribution is 2.17. The van der Waals surface area contributed by atoms with E-state index < -0.39 is 10.8 Å². The maximum atomic E-state index is 11.0. The van der Waals surface area contributed by atoms with Gasteiger partial charge in [-0.2, -0.15) is 0 Å². The van der Waals surface area contributed by atoms with Crippen LogP contribution in [0.3, 0.4) is 0 Å². The minimum atomic E-state index is -0.695. The van der Waals surface area contributed by atoms with Crippen LogP contribution in [0.5, 0.6) is 0 Å². The molecule has 0 aliphatic heterocycles. The van der Waals surface area contributed by atoms with Crippen LogP contribution in [0.4, 0.5) is 0 Å². The molecule has 1 aromatic carbocycles. The van der Waals surface area contributed by atoms with Crippen molar-refractivity contribution in [2.45, 2.75) is 25.9 Å². The van der Waals surface area contributed by atoms with Crippen LogP contribution in [0.25, 0.3) is 10.9 Å². The first kappa shape index (κ1) is 13.3. The van der Waals surface area contributed by atoms with Crippen molar-refractivity contribution in [2.24, 2.45) is 0 Å². The lowest BCUT2D eigenvalue weighted by Crippen LogP contribution is -2.26. The predicted octanol–water partition coefficient (Wildman–Crippen LogP) is 2.41. The normalized spacial score (nSPS) is 14.8. The molecule has 2 rings (SSSR count). The third-order valence-corrected chi connectivity index (χ3v) is 3.96. The zero-order valence-corrected chi connectivity index (χ0v) is 11.7. The molecule has 2 N–H and O–H groups in total. The standard InChI is InChI=1S/C14H20N2OS/c1-11(7-8-18(2)17)15-9-12-10-16-14-6-4-3-5-13(12)14/h3-6,10-11,15-16H,7-9H2,1-2H3. The summed E-state index contributed by atoms with van der Waals surface area (Å²) in [4.78, 5) is 3.27. The van der Waals surface area contributed by atoms with Gasteiger partial charge >= 0.3 is 0 Å². The molecule has 0 amide bonds. The summed E-state index contributed by atoms with van der Waals surface area (Å²) < 4.78 is 11.0. The first-order chi connectivity index (χ1) is 8.66. The van der Waals surface area contributed by atoms with Crippen molar-refractivity contribution in [2.75, 3.05) is 12.0 Å². The third kappa shape index (κ3) is 3.43. The molecule has 1 aromatic heterocycles. The number of rotatable bonds is 6. The second kappa shape index (κ2) is 6.16. The molecule has 4 heteroatoms.